The van der Waals surface area contributed by atoms with Gasteiger partial charge in [0.15, 0.2) is 0 Å². The van der Waals surface area contributed by atoms with Gasteiger partial charge in [-0.2, -0.15) is 0 Å². The van der Waals surface area contributed by atoms with Crippen LogP contribution in [-0.4, -0.2) is 28.5 Å². The van der Waals surface area contributed by atoms with Crippen molar-refractivity contribution in [1.29, 1.82) is 0 Å². The van der Waals surface area contributed by atoms with Crippen molar-refractivity contribution in [2.45, 2.75) is 30.3 Å². The summed E-state index contributed by atoms with van der Waals surface area (Å²) in [5, 5.41) is 22.4. The van der Waals surface area contributed by atoms with Crippen molar-refractivity contribution in [3.05, 3.63) is 82.8 Å². The number of methoxy groups -OCH3 is 1. The summed E-state index contributed by atoms with van der Waals surface area (Å²) in [6.07, 6.45) is 1.73. The van der Waals surface area contributed by atoms with Crippen LogP contribution >= 0.6 is 11.8 Å². The molecule has 1 aliphatic rings. The molecule has 4 atom stereocenters. The summed E-state index contributed by atoms with van der Waals surface area (Å²) in [5.74, 6) is -0.950. The Bertz CT molecular complexity index is 828. The fourth-order valence-electron chi connectivity index (χ4n) is 3.55. The van der Waals surface area contributed by atoms with Crippen LogP contribution in [0.25, 0.3) is 0 Å². The Morgan fingerprint density at radius 1 is 0.926 bits per heavy atom. The molecule has 0 saturated heterocycles. The summed E-state index contributed by atoms with van der Waals surface area (Å²) in [6, 6.07) is 18.6. The van der Waals surface area contributed by atoms with E-state index >= 15 is 0 Å². The number of ether oxygens (including phenoxy) is 1. The molecule has 0 radical (unpaired) electrons. The Morgan fingerprint density at radius 2 is 1.41 bits per heavy atom. The lowest BCUT2D eigenvalue weighted by Crippen LogP contribution is -2.45. The van der Waals surface area contributed by atoms with Gasteiger partial charge in [0.2, 0.25) is 0 Å². The van der Waals surface area contributed by atoms with E-state index in [0.717, 1.165) is 11.1 Å². The van der Waals surface area contributed by atoms with E-state index in [1.807, 2.05) is 60.7 Å². The van der Waals surface area contributed by atoms with Gasteiger partial charge in [0.1, 0.15) is 0 Å². The topological polar surface area (TPSA) is 66.8 Å². The molecule has 4 nitrogen and oxygen atoms in total. The molecule has 0 spiro atoms. The predicted molar refractivity (Wildman–Crippen MR) is 107 cm³/mol. The molecule has 27 heavy (non-hydrogen) atoms. The van der Waals surface area contributed by atoms with Crippen LogP contribution in [0.2, 0.25) is 0 Å². The molecule has 2 aromatic carbocycles. The van der Waals surface area contributed by atoms with Crippen LogP contribution in [-0.2, 0) is 20.7 Å². The average Bonchev–Trinajstić information content (AvgIpc) is 3.16. The summed E-state index contributed by atoms with van der Waals surface area (Å²) in [5.41, 5.74) is -1.07. The first kappa shape index (κ1) is 19.7. The minimum Gasteiger partial charge on any atom is -0.465 e. The van der Waals surface area contributed by atoms with Gasteiger partial charge in [-0.15, -0.1) is 11.8 Å². The third-order valence-electron chi connectivity index (χ3n) is 5.22. The highest BCUT2D eigenvalue weighted by atomic mass is 32.2. The first-order valence-electron chi connectivity index (χ1n) is 8.81. The quantitative estimate of drug-likeness (QED) is 0.771. The number of carbonyl (C=O) groups excluding carboxylic acids is 1. The van der Waals surface area contributed by atoms with Crippen LogP contribution in [0.3, 0.4) is 0 Å². The zero-order chi connectivity index (χ0) is 19.7. The Labute approximate surface area is 163 Å². The van der Waals surface area contributed by atoms with Crippen molar-refractivity contribution in [2.24, 2.45) is 5.92 Å². The van der Waals surface area contributed by atoms with E-state index in [2.05, 4.69) is 0 Å². The summed E-state index contributed by atoms with van der Waals surface area (Å²) in [6.45, 7) is 3.44. The highest BCUT2D eigenvalue weighted by molar-refractivity contribution is 8.04. The fourth-order valence-corrected chi connectivity index (χ4v) is 5.08. The van der Waals surface area contributed by atoms with E-state index in [0.29, 0.717) is 4.91 Å². The van der Waals surface area contributed by atoms with Gasteiger partial charge < -0.3 is 14.9 Å². The molecular formula is C22H24O4S. The molecule has 0 aliphatic carbocycles. The van der Waals surface area contributed by atoms with Gasteiger partial charge in [-0.1, -0.05) is 66.7 Å². The molecule has 1 aliphatic heterocycles. The zero-order valence-corrected chi connectivity index (χ0v) is 16.4. The Hall–Kier alpha value is -2.08. The third kappa shape index (κ3) is 3.68. The molecule has 0 bridgehead atoms. The highest BCUT2D eigenvalue weighted by Gasteiger charge is 2.51. The molecule has 0 fully saturated rings. The number of benzene rings is 2. The standard InChI is InChI=1S/C22H24O4S/c1-21(24,15-10-6-4-7-11-15)17-14-18(20(23)26-3)27-19(17)22(2,25)16-12-8-5-9-13-16/h4-14,17,19,24-25H,1-3H3/t17-,19-,21-,22-/m1/s1. The van der Waals surface area contributed by atoms with Crippen LogP contribution in [0.1, 0.15) is 25.0 Å². The van der Waals surface area contributed by atoms with Crippen LogP contribution in [0, 0.1) is 5.92 Å². The number of carbonyl (C=O) groups is 1. The lowest BCUT2D eigenvalue weighted by Gasteiger charge is -2.40. The van der Waals surface area contributed by atoms with E-state index in [9.17, 15) is 15.0 Å². The summed E-state index contributed by atoms with van der Waals surface area (Å²) >= 11 is 1.25. The predicted octanol–water partition coefficient (Wildman–Crippen LogP) is 3.59. The molecular weight excluding hydrogens is 360 g/mol. The number of aliphatic hydroxyl groups is 2. The third-order valence-corrected chi connectivity index (χ3v) is 6.78. The molecule has 142 valence electrons. The number of hydrogen-bond donors (Lipinski definition) is 2. The second-order valence-corrected chi connectivity index (χ2v) is 8.30. The molecule has 2 aromatic rings. The molecule has 0 aromatic heterocycles. The van der Waals surface area contributed by atoms with Gasteiger partial charge in [-0.05, 0) is 25.0 Å². The molecule has 3 rings (SSSR count). The maximum Gasteiger partial charge on any atom is 0.344 e. The van der Waals surface area contributed by atoms with Crippen LogP contribution in [0.5, 0.6) is 0 Å². The van der Waals surface area contributed by atoms with Crippen molar-refractivity contribution in [3.63, 3.8) is 0 Å². The monoisotopic (exact) mass is 384 g/mol. The first-order valence-corrected chi connectivity index (χ1v) is 9.69. The Morgan fingerprint density at radius 3 is 1.89 bits per heavy atom. The molecule has 0 amide bonds. The lowest BCUT2D eigenvalue weighted by molar-refractivity contribution is -0.135. The molecule has 5 heteroatoms. The summed E-state index contributed by atoms with van der Waals surface area (Å²) in [7, 11) is 1.33. The van der Waals surface area contributed by atoms with Crippen molar-refractivity contribution in [1.82, 2.24) is 0 Å². The summed E-state index contributed by atoms with van der Waals surface area (Å²) in [4.78, 5) is 12.6. The van der Waals surface area contributed by atoms with Gasteiger partial charge >= 0.3 is 5.97 Å². The zero-order valence-electron chi connectivity index (χ0n) is 15.6. The van der Waals surface area contributed by atoms with Crippen molar-refractivity contribution >= 4 is 17.7 Å². The van der Waals surface area contributed by atoms with E-state index in [4.69, 9.17) is 4.74 Å². The van der Waals surface area contributed by atoms with E-state index < -0.39 is 28.3 Å². The largest absolute Gasteiger partial charge is 0.465 e. The number of thioether (sulfide) groups is 1. The van der Waals surface area contributed by atoms with E-state index in [-0.39, 0.29) is 0 Å². The van der Waals surface area contributed by atoms with Gasteiger partial charge in [-0.3, -0.25) is 0 Å². The fraction of sp³-hybridized carbons (Fsp3) is 0.318. The van der Waals surface area contributed by atoms with Crippen molar-refractivity contribution in [2.75, 3.05) is 7.11 Å². The van der Waals surface area contributed by atoms with Gasteiger partial charge in [0.25, 0.3) is 0 Å². The maximum absolute atomic E-state index is 12.2. The first-order chi connectivity index (χ1) is 12.8. The van der Waals surface area contributed by atoms with E-state index in [1.165, 1.54) is 18.9 Å². The average molecular weight is 384 g/mol. The maximum atomic E-state index is 12.2. The molecule has 2 N–H and O–H groups in total. The van der Waals surface area contributed by atoms with Gasteiger partial charge in [-0.25, -0.2) is 4.79 Å². The number of rotatable bonds is 5. The number of hydrogen-bond acceptors (Lipinski definition) is 5. The molecule has 0 unspecified atom stereocenters. The van der Waals surface area contributed by atoms with E-state index in [1.54, 1.807) is 19.9 Å². The Balaban J connectivity index is 2.06. The lowest BCUT2D eigenvalue weighted by atomic mass is 9.74. The van der Waals surface area contributed by atoms with Crippen LogP contribution in [0.15, 0.2) is 71.6 Å². The van der Waals surface area contributed by atoms with Gasteiger partial charge in [0, 0.05) is 5.92 Å². The second kappa shape index (κ2) is 7.50. The summed E-state index contributed by atoms with van der Waals surface area (Å²) < 4.78 is 4.88. The minimum absolute atomic E-state index is 0.403. The molecule has 1 heterocycles. The molecule has 0 saturated carbocycles. The second-order valence-electron chi connectivity index (χ2n) is 7.11. The van der Waals surface area contributed by atoms with Crippen molar-refractivity contribution in [3.8, 4) is 0 Å². The number of esters is 1. The van der Waals surface area contributed by atoms with Crippen LogP contribution < -0.4 is 0 Å². The SMILES string of the molecule is COC(=O)C1=C[C@@H]([C@](C)(O)c2ccccc2)[C@H]([C@](C)(O)c2ccccc2)S1. The van der Waals surface area contributed by atoms with Crippen molar-refractivity contribution < 1.29 is 19.7 Å². The Kier molecular flexibility index (Phi) is 5.47. The smallest absolute Gasteiger partial charge is 0.344 e. The normalized spacial score (nSPS) is 23.8. The highest BCUT2D eigenvalue weighted by Crippen LogP contribution is 2.52. The van der Waals surface area contributed by atoms with Gasteiger partial charge in [0.05, 0.1) is 28.5 Å². The minimum atomic E-state index is -1.27. The van der Waals surface area contributed by atoms with Crippen LogP contribution in [0.4, 0.5) is 0 Å².